The van der Waals surface area contributed by atoms with Crippen LogP contribution in [0.2, 0.25) is 0 Å². The number of rotatable bonds is 3. The number of aliphatic hydroxyl groups is 1. The Balaban J connectivity index is 1.76. The molecule has 0 spiro atoms. The van der Waals surface area contributed by atoms with Crippen LogP contribution in [0, 0.1) is 0 Å². The summed E-state index contributed by atoms with van der Waals surface area (Å²) in [7, 11) is 1.95. The van der Waals surface area contributed by atoms with E-state index in [1.54, 1.807) is 6.20 Å². The van der Waals surface area contributed by atoms with E-state index in [-0.39, 0.29) is 5.41 Å². The Morgan fingerprint density at radius 3 is 2.82 bits per heavy atom. The molecule has 1 aliphatic rings. The second kappa shape index (κ2) is 5.17. The molecule has 22 heavy (non-hydrogen) atoms. The fraction of sp³-hybridized carbons (Fsp3) is 0.667. The fourth-order valence-electron chi connectivity index (χ4n) is 3.17. The van der Waals surface area contributed by atoms with E-state index in [2.05, 4.69) is 52.4 Å². The molecule has 7 nitrogen and oxygen atoms in total. The third-order valence-corrected chi connectivity index (χ3v) is 4.23. The summed E-state index contributed by atoms with van der Waals surface area (Å²) in [4.78, 5) is 2.25. The number of aromatic amines is 1. The first kappa shape index (κ1) is 15.2. The molecule has 1 saturated heterocycles. The van der Waals surface area contributed by atoms with Gasteiger partial charge in [0.05, 0.1) is 11.9 Å². The van der Waals surface area contributed by atoms with Crippen LogP contribution in [0.5, 0.6) is 0 Å². The van der Waals surface area contributed by atoms with Gasteiger partial charge in [0.25, 0.3) is 0 Å². The lowest BCUT2D eigenvalue weighted by atomic mass is 9.89. The zero-order valence-electron chi connectivity index (χ0n) is 13.7. The van der Waals surface area contributed by atoms with Gasteiger partial charge in [-0.05, 0) is 6.42 Å². The first-order valence-electron chi connectivity index (χ1n) is 7.62. The van der Waals surface area contributed by atoms with Crippen molar-refractivity contribution in [1.82, 2.24) is 30.1 Å². The molecule has 0 bridgehead atoms. The summed E-state index contributed by atoms with van der Waals surface area (Å²) in [6.45, 7) is 8.72. The molecule has 3 heterocycles. The van der Waals surface area contributed by atoms with Crippen LogP contribution in [0.15, 0.2) is 12.4 Å². The lowest BCUT2D eigenvalue weighted by Crippen LogP contribution is -2.31. The van der Waals surface area contributed by atoms with Crippen molar-refractivity contribution < 1.29 is 5.11 Å². The molecule has 1 aliphatic heterocycles. The van der Waals surface area contributed by atoms with Crippen LogP contribution in [-0.4, -0.2) is 48.3 Å². The maximum atomic E-state index is 10.7. The van der Waals surface area contributed by atoms with E-state index in [0.717, 1.165) is 18.8 Å². The van der Waals surface area contributed by atoms with Gasteiger partial charge < -0.3 is 5.11 Å². The van der Waals surface area contributed by atoms with Gasteiger partial charge in [-0.25, -0.2) is 0 Å². The summed E-state index contributed by atoms with van der Waals surface area (Å²) in [5.41, 5.74) is 2.07. The van der Waals surface area contributed by atoms with Gasteiger partial charge in [0.1, 0.15) is 11.3 Å². The summed E-state index contributed by atoms with van der Waals surface area (Å²) in [5, 5.41) is 25.8. The van der Waals surface area contributed by atoms with E-state index >= 15 is 0 Å². The van der Waals surface area contributed by atoms with Crippen molar-refractivity contribution in [3.05, 3.63) is 29.3 Å². The molecule has 2 aromatic heterocycles. The maximum absolute atomic E-state index is 10.7. The first-order chi connectivity index (χ1) is 10.3. The molecular weight excluding hydrogens is 280 g/mol. The fourth-order valence-corrected chi connectivity index (χ4v) is 3.17. The smallest absolute Gasteiger partial charge is 0.124 e. The molecule has 120 valence electrons. The summed E-state index contributed by atoms with van der Waals surface area (Å²) >= 11 is 0. The summed E-state index contributed by atoms with van der Waals surface area (Å²) in [5.74, 6) is 0. The molecule has 2 aromatic rings. The number of likely N-dealkylation sites (tertiary alicyclic amines) is 1. The maximum Gasteiger partial charge on any atom is 0.124 e. The van der Waals surface area contributed by atoms with Crippen LogP contribution in [0.1, 0.15) is 44.1 Å². The lowest BCUT2D eigenvalue weighted by Gasteiger charge is -2.22. The lowest BCUT2D eigenvalue weighted by molar-refractivity contribution is 0.0408. The number of nitrogens with one attached hydrogen (secondary N) is 1. The van der Waals surface area contributed by atoms with Gasteiger partial charge in [0.15, 0.2) is 0 Å². The van der Waals surface area contributed by atoms with Gasteiger partial charge in [-0.15, -0.1) is 0 Å². The Bertz CT molecular complexity index is 642. The minimum Gasteiger partial charge on any atom is -0.382 e. The quantitative estimate of drug-likeness (QED) is 0.881. The zero-order valence-corrected chi connectivity index (χ0v) is 13.7. The van der Waals surface area contributed by atoms with E-state index in [1.807, 2.05) is 11.7 Å². The number of hydrogen-bond acceptors (Lipinski definition) is 5. The number of β-amino-alcohol motifs (C(OH)–C–C–N with tert-alkyl or cyclic N) is 1. The van der Waals surface area contributed by atoms with Crippen molar-refractivity contribution in [2.45, 2.75) is 44.8 Å². The normalized spacial score (nSPS) is 23.3. The minimum absolute atomic E-state index is 0.0126. The van der Waals surface area contributed by atoms with Crippen molar-refractivity contribution in [1.29, 1.82) is 0 Å². The third kappa shape index (κ3) is 2.78. The molecule has 0 radical (unpaired) electrons. The topological polar surface area (TPSA) is 82.9 Å². The van der Waals surface area contributed by atoms with Crippen LogP contribution < -0.4 is 0 Å². The van der Waals surface area contributed by atoms with Gasteiger partial charge in [0, 0.05) is 43.9 Å². The van der Waals surface area contributed by atoms with Crippen LogP contribution in [0.25, 0.3) is 0 Å². The number of aromatic nitrogens is 5. The average Bonchev–Trinajstić information content (AvgIpc) is 3.09. The Kier molecular flexibility index (Phi) is 3.57. The summed E-state index contributed by atoms with van der Waals surface area (Å²) in [6, 6.07) is 0. The van der Waals surface area contributed by atoms with E-state index in [9.17, 15) is 5.11 Å². The molecule has 1 fully saturated rings. The number of aryl methyl sites for hydroxylation is 1. The van der Waals surface area contributed by atoms with Gasteiger partial charge in [-0.3, -0.25) is 9.58 Å². The molecule has 1 unspecified atom stereocenters. The van der Waals surface area contributed by atoms with Gasteiger partial charge in [-0.1, -0.05) is 20.8 Å². The van der Waals surface area contributed by atoms with E-state index < -0.39 is 5.60 Å². The van der Waals surface area contributed by atoms with Gasteiger partial charge in [-0.2, -0.15) is 20.5 Å². The Hall–Kier alpha value is -1.73. The predicted octanol–water partition coefficient (Wildman–Crippen LogP) is 0.929. The molecule has 7 heteroatoms. The monoisotopic (exact) mass is 304 g/mol. The highest BCUT2D eigenvalue weighted by atomic mass is 16.3. The van der Waals surface area contributed by atoms with Crippen molar-refractivity contribution in [3.63, 3.8) is 0 Å². The second-order valence-corrected chi connectivity index (χ2v) is 7.27. The number of nitrogens with zero attached hydrogens (tertiary/aromatic N) is 5. The Morgan fingerprint density at radius 1 is 1.41 bits per heavy atom. The predicted molar refractivity (Wildman–Crippen MR) is 82.1 cm³/mol. The van der Waals surface area contributed by atoms with Crippen molar-refractivity contribution >= 4 is 0 Å². The van der Waals surface area contributed by atoms with Crippen molar-refractivity contribution in [2.75, 3.05) is 13.1 Å². The third-order valence-electron chi connectivity index (χ3n) is 4.23. The molecule has 0 aromatic carbocycles. The SMILES string of the molecule is Cn1cc(CN2CCC(O)(c3cn[nH]n3)C2)c(C(C)(C)C)n1. The van der Waals surface area contributed by atoms with Crippen LogP contribution >= 0.6 is 0 Å². The standard InChI is InChI=1S/C15H24N6O/c1-14(2,3)13-11(8-20(4)18-13)9-21-6-5-15(22,10-21)12-7-16-19-17-12/h7-8,22H,5-6,9-10H2,1-4H3,(H,16,17,19). The molecule has 0 saturated carbocycles. The number of H-pyrrole nitrogens is 1. The van der Waals surface area contributed by atoms with Crippen molar-refractivity contribution in [3.8, 4) is 0 Å². The summed E-state index contributed by atoms with van der Waals surface area (Å²) < 4.78 is 1.87. The van der Waals surface area contributed by atoms with Gasteiger partial charge in [0.2, 0.25) is 0 Å². The minimum atomic E-state index is -0.906. The van der Waals surface area contributed by atoms with E-state index in [0.29, 0.717) is 18.7 Å². The average molecular weight is 304 g/mol. The second-order valence-electron chi connectivity index (χ2n) is 7.27. The first-order valence-corrected chi connectivity index (χ1v) is 7.62. The van der Waals surface area contributed by atoms with E-state index in [4.69, 9.17) is 0 Å². The molecule has 3 rings (SSSR count). The molecule has 1 atom stereocenters. The highest BCUT2D eigenvalue weighted by Gasteiger charge is 2.40. The van der Waals surface area contributed by atoms with Crippen molar-refractivity contribution in [2.24, 2.45) is 7.05 Å². The Morgan fingerprint density at radius 2 is 2.18 bits per heavy atom. The van der Waals surface area contributed by atoms with Gasteiger partial charge >= 0.3 is 0 Å². The van der Waals surface area contributed by atoms with Crippen LogP contribution in [0.4, 0.5) is 0 Å². The number of hydrogen-bond donors (Lipinski definition) is 2. The summed E-state index contributed by atoms with van der Waals surface area (Å²) in [6.07, 6.45) is 4.35. The molecular formula is C15H24N6O. The highest BCUT2D eigenvalue weighted by Crippen LogP contribution is 2.32. The Labute approximate surface area is 130 Å². The van der Waals surface area contributed by atoms with Crippen LogP contribution in [-0.2, 0) is 24.6 Å². The molecule has 0 aliphatic carbocycles. The van der Waals surface area contributed by atoms with E-state index in [1.165, 1.54) is 5.56 Å². The zero-order chi connectivity index (χ0) is 16.0. The van der Waals surface area contributed by atoms with Crippen LogP contribution in [0.3, 0.4) is 0 Å². The molecule has 2 N–H and O–H groups in total. The largest absolute Gasteiger partial charge is 0.382 e. The highest BCUT2D eigenvalue weighted by molar-refractivity contribution is 5.24. The molecule has 0 amide bonds.